The first kappa shape index (κ1) is 12.5. The summed E-state index contributed by atoms with van der Waals surface area (Å²) in [4.78, 5) is 2.50. The number of allylic oxidation sites excluding steroid dienone is 1. The quantitative estimate of drug-likeness (QED) is 0.719. The van der Waals surface area contributed by atoms with Gasteiger partial charge >= 0.3 is 0 Å². The minimum atomic E-state index is 0.697. The SMILES string of the molecule is ClCCC=Cc1ccccc1N1CCCCC1. The van der Waals surface area contributed by atoms with Gasteiger partial charge in [0, 0.05) is 24.7 Å². The highest BCUT2D eigenvalue weighted by Crippen LogP contribution is 2.25. The molecule has 0 amide bonds. The van der Waals surface area contributed by atoms with E-state index in [1.165, 1.54) is 43.6 Å². The maximum atomic E-state index is 5.69. The van der Waals surface area contributed by atoms with E-state index < -0.39 is 0 Å². The maximum absolute atomic E-state index is 5.69. The van der Waals surface area contributed by atoms with E-state index in [1.807, 2.05) is 0 Å². The van der Waals surface area contributed by atoms with Gasteiger partial charge in [0.05, 0.1) is 0 Å². The van der Waals surface area contributed by atoms with E-state index in [0.29, 0.717) is 5.88 Å². The van der Waals surface area contributed by atoms with Crippen LogP contribution in [0.4, 0.5) is 5.69 Å². The molecule has 1 nitrogen and oxygen atoms in total. The number of hydrogen-bond acceptors (Lipinski definition) is 1. The smallest absolute Gasteiger partial charge is 0.0439 e. The number of rotatable bonds is 4. The molecular weight excluding hydrogens is 230 g/mol. The number of halogens is 1. The fourth-order valence-electron chi connectivity index (χ4n) is 2.32. The van der Waals surface area contributed by atoms with E-state index in [2.05, 4.69) is 41.3 Å². The molecule has 1 saturated heterocycles. The van der Waals surface area contributed by atoms with Crippen LogP contribution in [-0.4, -0.2) is 19.0 Å². The van der Waals surface area contributed by atoms with Crippen LogP contribution >= 0.6 is 11.6 Å². The minimum absolute atomic E-state index is 0.697. The Morgan fingerprint density at radius 1 is 1.12 bits per heavy atom. The highest BCUT2D eigenvalue weighted by Gasteiger charge is 2.12. The molecule has 0 N–H and O–H groups in total. The zero-order valence-electron chi connectivity index (χ0n) is 10.2. The molecule has 0 aliphatic carbocycles. The average molecular weight is 250 g/mol. The van der Waals surface area contributed by atoms with Gasteiger partial charge in [0.2, 0.25) is 0 Å². The number of benzene rings is 1. The number of para-hydroxylation sites is 1. The Morgan fingerprint density at radius 3 is 2.65 bits per heavy atom. The van der Waals surface area contributed by atoms with E-state index in [-0.39, 0.29) is 0 Å². The zero-order valence-corrected chi connectivity index (χ0v) is 11.0. The molecule has 1 aromatic rings. The average Bonchev–Trinajstić information content (AvgIpc) is 2.41. The second kappa shape index (κ2) is 6.70. The van der Waals surface area contributed by atoms with E-state index in [1.54, 1.807) is 0 Å². The lowest BCUT2D eigenvalue weighted by atomic mass is 10.1. The largest absolute Gasteiger partial charge is 0.371 e. The van der Waals surface area contributed by atoms with Crippen molar-refractivity contribution in [2.75, 3.05) is 23.9 Å². The third kappa shape index (κ3) is 3.50. The number of alkyl halides is 1. The molecule has 17 heavy (non-hydrogen) atoms. The number of anilines is 1. The van der Waals surface area contributed by atoms with Crippen LogP contribution in [0.1, 0.15) is 31.2 Å². The van der Waals surface area contributed by atoms with Crippen molar-refractivity contribution in [3.63, 3.8) is 0 Å². The van der Waals surface area contributed by atoms with E-state index >= 15 is 0 Å². The maximum Gasteiger partial charge on any atom is 0.0439 e. The molecule has 2 rings (SSSR count). The lowest BCUT2D eigenvalue weighted by Crippen LogP contribution is -2.29. The topological polar surface area (TPSA) is 3.24 Å². The van der Waals surface area contributed by atoms with Crippen LogP contribution in [0.25, 0.3) is 6.08 Å². The summed E-state index contributed by atoms with van der Waals surface area (Å²) in [6.45, 7) is 2.39. The fraction of sp³-hybridized carbons (Fsp3) is 0.467. The summed E-state index contributed by atoms with van der Waals surface area (Å²) in [5.41, 5.74) is 2.69. The summed E-state index contributed by atoms with van der Waals surface area (Å²) in [7, 11) is 0. The Kier molecular flexibility index (Phi) is 4.93. The van der Waals surface area contributed by atoms with Crippen molar-refractivity contribution in [1.82, 2.24) is 0 Å². The predicted molar refractivity (Wildman–Crippen MR) is 76.9 cm³/mol. The van der Waals surface area contributed by atoms with Gasteiger partial charge < -0.3 is 4.90 Å². The highest BCUT2D eigenvalue weighted by atomic mass is 35.5. The molecule has 0 bridgehead atoms. The van der Waals surface area contributed by atoms with Crippen LogP contribution in [0.15, 0.2) is 30.3 Å². The van der Waals surface area contributed by atoms with Crippen molar-refractivity contribution >= 4 is 23.4 Å². The molecule has 2 heteroatoms. The van der Waals surface area contributed by atoms with E-state index in [4.69, 9.17) is 11.6 Å². The summed E-state index contributed by atoms with van der Waals surface area (Å²) in [5, 5.41) is 0. The molecule has 1 aliphatic rings. The molecule has 1 aliphatic heterocycles. The molecular formula is C15H20ClN. The van der Waals surface area contributed by atoms with Gasteiger partial charge in [-0.2, -0.15) is 0 Å². The Hall–Kier alpha value is -0.950. The van der Waals surface area contributed by atoms with Crippen molar-refractivity contribution in [3.8, 4) is 0 Å². The van der Waals surface area contributed by atoms with Gasteiger partial charge in [-0.15, -0.1) is 11.6 Å². The summed E-state index contributed by atoms with van der Waals surface area (Å²) in [6.07, 6.45) is 9.32. The Balaban J connectivity index is 2.14. The van der Waals surface area contributed by atoms with E-state index in [0.717, 1.165) is 6.42 Å². The van der Waals surface area contributed by atoms with Crippen LogP contribution in [0.5, 0.6) is 0 Å². The Bertz CT molecular complexity index is 367. The van der Waals surface area contributed by atoms with Gasteiger partial charge in [-0.1, -0.05) is 30.4 Å². The van der Waals surface area contributed by atoms with Gasteiger partial charge in [0.15, 0.2) is 0 Å². The molecule has 0 unspecified atom stereocenters. The molecule has 0 radical (unpaired) electrons. The number of piperidine rings is 1. The van der Waals surface area contributed by atoms with Gasteiger partial charge in [0.25, 0.3) is 0 Å². The van der Waals surface area contributed by atoms with Gasteiger partial charge in [-0.3, -0.25) is 0 Å². The van der Waals surface area contributed by atoms with Gasteiger partial charge in [-0.05, 0) is 37.3 Å². The molecule has 0 atom stereocenters. The number of nitrogens with zero attached hydrogens (tertiary/aromatic N) is 1. The van der Waals surface area contributed by atoms with Gasteiger partial charge in [-0.25, -0.2) is 0 Å². The second-order valence-corrected chi connectivity index (χ2v) is 4.86. The number of hydrogen-bond donors (Lipinski definition) is 0. The third-order valence-electron chi connectivity index (χ3n) is 3.21. The van der Waals surface area contributed by atoms with Crippen molar-refractivity contribution in [2.45, 2.75) is 25.7 Å². The lowest BCUT2D eigenvalue weighted by Gasteiger charge is -2.30. The van der Waals surface area contributed by atoms with E-state index in [9.17, 15) is 0 Å². The first-order valence-electron chi connectivity index (χ1n) is 6.48. The Labute approximate surface area is 109 Å². The molecule has 1 fully saturated rings. The van der Waals surface area contributed by atoms with Gasteiger partial charge in [0.1, 0.15) is 0 Å². The molecule has 1 aromatic carbocycles. The molecule has 0 aromatic heterocycles. The summed E-state index contributed by atoms with van der Waals surface area (Å²) in [5.74, 6) is 0.697. The summed E-state index contributed by atoms with van der Waals surface area (Å²) < 4.78 is 0. The van der Waals surface area contributed by atoms with Crippen molar-refractivity contribution < 1.29 is 0 Å². The highest BCUT2D eigenvalue weighted by molar-refractivity contribution is 6.17. The normalized spacial score (nSPS) is 16.6. The third-order valence-corrected chi connectivity index (χ3v) is 3.42. The summed E-state index contributed by atoms with van der Waals surface area (Å²) >= 11 is 5.69. The lowest BCUT2D eigenvalue weighted by molar-refractivity contribution is 0.577. The molecule has 92 valence electrons. The Morgan fingerprint density at radius 2 is 1.88 bits per heavy atom. The molecule has 0 saturated carbocycles. The molecule has 1 heterocycles. The van der Waals surface area contributed by atoms with Crippen LogP contribution < -0.4 is 4.90 Å². The predicted octanol–water partition coefficient (Wildman–Crippen LogP) is 4.32. The summed E-state index contributed by atoms with van der Waals surface area (Å²) in [6, 6.07) is 8.65. The second-order valence-electron chi connectivity index (χ2n) is 4.49. The standard InChI is InChI=1S/C15H20ClN/c16-11-5-4-9-14-8-2-3-10-15(14)17-12-6-1-7-13-17/h2-4,8-10H,1,5-7,11-13H2. The fourth-order valence-corrected chi connectivity index (χ4v) is 2.45. The van der Waals surface area contributed by atoms with Crippen LogP contribution in [0, 0.1) is 0 Å². The van der Waals surface area contributed by atoms with Crippen LogP contribution in [-0.2, 0) is 0 Å². The van der Waals surface area contributed by atoms with Crippen LogP contribution in [0.3, 0.4) is 0 Å². The molecule has 0 spiro atoms. The van der Waals surface area contributed by atoms with Crippen molar-refractivity contribution in [3.05, 3.63) is 35.9 Å². The minimum Gasteiger partial charge on any atom is -0.371 e. The van der Waals surface area contributed by atoms with Crippen molar-refractivity contribution in [2.24, 2.45) is 0 Å². The first-order valence-corrected chi connectivity index (χ1v) is 7.02. The van der Waals surface area contributed by atoms with Crippen LogP contribution in [0.2, 0.25) is 0 Å². The monoisotopic (exact) mass is 249 g/mol. The zero-order chi connectivity index (χ0) is 11.9. The first-order chi connectivity index (χ1) is 8.42. The van der Waals surface area contributed by atoms with Crippen molar-refractivity contribution in [1.29, 1.82) is 0 Å².